The number of aromatic amines is 2. The fourth-order valence-electron chi connectivity index (χ4n) is 4.12. The van der Waals surface area contributed by atoms with Crippen LogP contribution in [0.4, 0.5) is 0 Å². The van der Waals surface area contributed by atoms with Crippen LogP contribution in [-0.2, 0) is 11.3 Å². The van der Waals surface area contributed by atoms with Gasteiger partial charge in [0.2, 0.25) is 5.82 Å². The Morgan fingerprint density at radius 2 is 2.00 bits per heavy atom. The van der Waals surface area contributed by atoms with E-state index >= 15 is 0 Å². The smallest absolute Gasteiger partial charge is 0.204 e. The SMILES string of the molecule is CCOC(C)c1cccc2[nH]c(COc3cccc(C=CC(=O)c4cc(-c5nn[nH]n5)ccc4O)c3)nc12. The van der Waals surface area contributed by atoms with Gasteiger partial charge < -0.3 is 19.6 Å². The number of carbonyl (C=O) groups is 1. The third-order valence-corrected chi connectivity index (χ3v) is 5.97. The Labute approximate surface area is 218 Å². The lowest BCUT2D eigenvalue weighted by Crippen LogP contribution is -2.00. The molecule has 2 aromatic heterocycles. The molecule has 10 heteroatoms. The summed E-state index contributed by atoms with van der Waals surface area (Å²) in [5, 5.41) is 23.9. The van der Waals surface area contributed by atoms with Crippen molar-refractivity contribution in [3.63, 3.8) is 0 Å². The molecule has 0 aliphatic heterocycles. The quantitative estimate of drug-likeness (QED) is 0.176. The van der Waals surface area contributed by atoms with Gasteiger partial charge in [-0.3, -0.25) is 4.79 Å². The number of ketones is 1. The van der Waals surface area contributed by atoms with E-state index in [2.05, 4.69) is 25.6 Å². The monoisotopic (exact) mass is 510 g/mol. The summed E-state index contributed by atoms with van der Waals surface area (Å²) in [7, 11) is 0. The second kappa shape index (κ2) is 11.1. The summed E-state index contributed by atoms with van der Waals surface area (Å²) in [4.78, 5) is 20.8. The number of benzene rings is 3. The van der Waals surface area contributed by atoms with Crippen molar-refractivity contribution < 1.29 is 19.4 Å². The first-order valence-corrected chi connectivity index (χ1v) is 12.1. The van der Waals surface area contributed by atoms with Gasteiger partial charge in [0.05, 0.1) is 22.7 Å². The second-order valence-corrected chi connectivity index (χ2v) is 8.55. The summed E-state index contributed by atoms with van der Waals surface area (Å²) in [5.74, 6) is 1.17. The predicted molar refractivity (Wildman–Crippen MR) is 142 cm³/mol. The number of imidazole rings is 1. The highest BCUT2D eigenvalue weighted by Crippen LogP contribution is 2.26. The number of aromatic hydroxyl groups is 1. The Balaban J connectivity index is 1.27. The molecule has 3 aromatic carbocycles. The summed E-state index contributed by atoms with van der Waals surface area (Å²) in [6.07, 6.45) is 3.00. The molecule has 0 fully saturated rings. The lowest BCUT2D eigenvalue weighted by Gasteiger charge is -2.11. The van der Waals surface area contributed by atoms with Crippen molar-refractivity contribution >= 4 is 22.9 Å². The van der Waals surface area contributed by atoms with Crippen LogP contribution in [0.5, 0.6) is 11.5 Å². The number of hydrogen-bond donors (Lipinski definition) is 3. The van der Waals surface area contributed by atoms with Crippen LogP contribution in [0.1, 0.15) is 47.3 Å². The molecule has 0 aliphatic carbocycles. The maximum absolute atomic E-state index is 12.8. The number of fused-ring (bicyclic) bond motifs is 1. The van der Waals surface area contributed by atoms with Crippen molar-refractivity contribution in [1.82, 2.24) is 30.6 Å². The number of hydrogen-bond acceptors (Lipinski definition) is 8. The molecule has 1 atom stereocenters. The van der Waals surface area contributed by atoms with Crippen molar-refractivity contribution in [2.24, 2.45) is 0 Å². The van der Waals surface area contributed by atoms with E-state index in [1.54, 1.807) is 12.1 Å². The minimum Gasteiger partial charge on any atom is -0.507 e. The van der Waals surface area contributed by atoms with Gasteiger partial charge in [-0.25, -0.2) is 4.98 Å². The number of allylic oxidation sites excluding steroid dienone is 1. The Kier molecular flexibility index (Phi) is 7.23. The minimum absolute atomic E-state index is 0.0599. The van der Waals surface area contributed by atoms with E-state index < -0.39 is 0 Å². The molecular weight excluding hydrogens is 484 g/mol. The number of nitrogens with one attached hydrogen (secondary N) is 2. The van der Waals surface area contributed by atoms with E-state index in [0.717, 1.165) is 22.2 Å². The topological polar surface area (TPSA) is 139 Å². The standard InChI is InChI=1S/C28H26N6O4/c1-3-37-17(2)21-8-5-9-23-27(21)30-26(29-23)16-38-20-7-4-6-18(14-20)10-12-24(35)22-15-19(11-13-25(22)36)28-31-33-34-32-28/h4-15,17,36H,3,16H2,1-2H3,(H,29,30)(H,31,32,33,34). The highest BCUT2D eigenvalue weighted by atomic mass is 16.5. The molecular formula is C28H26N6O4. The molecule has 0 radical (unpaired) electrons. The predicted octanol–water partition coefficient (Wildman–Crippen LogP) is 5.02. The zero-order chi connectivity index (χ0) is 26.5. The average molecular weight is 511 g/mol. The number of para-hydroxylation sites is 1. The molecule has 5 aromatic rings. The fourth-order valence-corrected chi connectivity index (χ4v) is 4.12. The van der Waals surface area contributed by atoms with Crippen LogP contribution in [-0.4, -0.2) is 48.1 Å². The summed E-state index contributed by atoms with van der Waals surface area (Å²) in [5.41, 5.74) is 4.29. The van der Waals surface area contributed by atoms with Crippen molar-refractivity contribution in [2.75, 3.05) is 6.61 Å². The zero-order valence-corrected chi connectivity index (χ0v) is 20.9. The largest absolute Gasteiger partial charge is 0.507 e. The van der Waals surface area contributed by atoms with Crippen molar-refractivity contribution in [3.05, 3.63) is 89.3 Å². The van der Waals surface area contributed by atoms with Gasteiger partial charge in [0.15, 0.2) is 5.78 Å². The second-order valence-electron chi connectivity index (χ2n) is 8.55. The molecule has 0 bridgehead atoms. The minimum atomic E-state index is -0.362. The van der Waals surface area contributed by atoms with Gasteiger partial charge in [0.1, 0.15) is 23.9 Å². The number of tetrazole rings is 1. The number of aromatic nitrogens is 6. The number of rotatable bonds is 10. The van der Waals surface area contributed by atoms with Gasteiger partial charge >= 0.3 is 0 Å². The summed E-state index contributed by atoms with van der Waals surface area (Å²) < 4.78 is 11.7. The van der Waals surface area contributed by atoms with Gasteiger partial charge in [-0.1, -0.05) is 30.3 Å². The molecule has 10 nitrogen and oxygen atoms in total. The van der Waals surface area contributed by atoms with Crippen LogP contribution in [0.25, 0.3) is 28.5 Å². The Morgan fingerprint density at radius 1 is 1.13 bits per heavy atom. The average Bonchev–Trinajstić information content (AvgIpc) is 3.61. The molecule has 0 saturated heterocycles. The molecule has 0 saturated carbocycles. The van der Waals surface area contributed by atoms with Gasteiger partial charge in [-0.05, 0) is 67.1 Å². The van der Waals surface area contributed by atoms with Crippen molar-refractivity contribution in [1.29, 1.82) is 0 Å². The summed E-state index contributed by atoms with van der Waals surface area (Å²) in [6.45, 7) is 4.86. The Morgan fingerprint density at radius 3 is 2.82 bits per heavy atom. The molecule has 0 amide bonds. The highest BCUT2D eigenvalue weighted by molar-refractivity contribution is 6.09. The molecule has 1 unspecified atom stereocenters. The Bertz CT molecular complexity index is 1590. The number of ether oxygens (including phenoxy) is 2. The van der Waals surface area contributed by atoms with Gasteiger partial charge in [0, 0.05) is 17.7 Å². The zero-order valence-electron chi connectivity index (χ0n) is 20.9. The maximum Gasteiger partial charge on any atom is 0.204 e. The number of phenolic OH excluding ortho intramolecular Hbond substituents is 1. The van der Waals surface area contributed by atoms with Crippen LogP contribution in [0, 0.1) is 0 Å². The van der Waals surface area contributed by atoms with Crippen LogP contribution >= 0.6 is 0 Å². The highest BCUT2D eigenvalue weighted by Gasteiger charge is 2.14. The van der Waals surface area contributed by atoms with Crippen LogP contribution in [0.15, 0.2) is 66.7 Å². The summed E-state index contributed by atoms with van der Waals surface area (Å²) >= 11 is 0. The first-order chi connectivity index (χ1) is 18.5. The van der Waals surface area contributed by atoms with E-state index in [1.165, 1.54) is 18.2 Å². The molecule has 192 valence electrons. The molecule has 2 heterocycles. The van der Waals surface area contributed by atoms with Gasteiger partial charge in [0.25, 0.3) is 0 Å². The molecule has 38 heavy (non-hydrogen) atoms. The van der Waals surface area contributed by atoms with E-state index in [4.69, 9.17) is 14.5 Å². The van der Waals surface area contributed by atoms with Crippen LogP contribution in [0.2, 0.25) is 0 Å². The van der Waals surface area contributed by atoms with Crippen LogP contribution < -0.4 is 4.74 Å². The number of carbonyl (C=O) groups excluding carboxylic acids is 1. The normalized spacial score (nSPS) is 12.3. The number of nitrogens with zero attached hydrogens (tertiary/aromatic N) is 4. The number of H-pyrrole nitrogens is 2. The molecule has 3 N–H and O–H groups in total. The third-order valence-electron chi connectivity index (χ3n) is 5.97. The lowest BCUT2D eigenvalue weighted by molar-refractivity contribution is 0.0773. The first kappa shape index (κ1) is 24.8. The van der Waals surface area contributed by atoms with E-state index in [1.807, 2.05) is 56.3 Å². The molecule has 5 rings (SSSR count). The van der Waals surface area contributed by atoms with Gasteiger partial charge in [-0.15, -0.1) is 10.2 Å². The van der Waals surface area contributed by atoms with E-state index in [0.29, 0.717) is 29.6 Å². The van der Waals surface area contributed by atoms with Crippen LogP contribution in [0.3, 0.4) is 0 Å². The fraction of sp³-hybridized carbons (Fsp3) is 0.179. The lowest BCUT2D eigenvalue weighted by atomic mass is 10.0. The summed E-state index contributed by atoms with van der Waals surface area (Å²) in [6, 6.07) is 17.9. The van der Waals surface area contributed by atoms with Gasteiger partial charge in [-0.2, -0.15) is 5.21 Å². The van der Waals surface area contributed by atoms with Crippen molar-refractivity contribution in [3.8, 4) is 22.9 Å². The van der Waals surface area contributed by atoms with E-state index in [9.17, 15) is 9.90 Å². The first-order valence-electron chi connectivity index (χ1n) is 12.1. The Hall–Kier alpha value is -4.83. The van der Waals surface area contributed by atoms with E-state index in [-0.39, 0.29) is 29.8 Å². The third kappa shape index (κ3) is 5.45. The molecule has 0 spiro atoms. The van der Waals surface area contributed by atoms with Crippen molar-refractivity contribution in [2.45, 2.75) is 26.6 Å². The number of phenols is 1. The maximum atomic E-state index is 12.8. The molecule has 0 aliphatic rings.